The van der Waals surface area contributed by atoms with Crippen LogP contribution in [0.2, 0.25) is 0 Å². The molecule has 1 heterocycles. The molecule has 0 aliphatic carbocycles. The molecule has 0 unspecified atom stereocenters. The van der Waals surface area contributed by atoms with Gasteiger partial charge in [-0.1, -0.05) is 20.8 Å². The molecule has 1 heteroatoms. The van der Waals surface area contributed by atoms with E-state index < -0.39 is 0 Å². The third-order valence-corrected chi connectivity index (χ3v) is 1.80. The highest BCUT2D eigenvalue weighted by Gasteiger charge is 2.25. The molecule has 9 heavy (non-hydrogen) atoms. The molecule has 54 valence electrons. The standard InChI is InChI=1S/C8H16O/c1-7-4-8(2,3)6-9-5-7/h7H,4-6H2,1-3H3/t7-/m0/s1. The van der Waals surface area contributed by atoms with Crippen molar-refractivity contribution in [2.45, 2.75) is 27.2 Å². The quantitative estimate of drug-likeness (QED) is 0.485. The Morgan fingerprint density at radius 3 is 2.44 bits per heavy atom. The fraction of sp³-hybridized carbons (Fsp3) is 1.00. The van der Waals surface area contributed by atoms with Gasteiger partial charge in [-0.15, -0.1) is 0 Å². The first-order valence-corrected chi connectivity index (χ1v) is 3.68. The van der Waals surface area contributed by atoms with Crippen molar-refractivity contribution in [3.8, 4) is 0 Å². The molecular weight excluding hydrogens is 112 g/mol. The predicted molar refractivity (Wildman–Crippen MR) is 38.4 cm³/mol. The Labute approximate surface area is 57.4 Å². The Balaban J connectivity index is 2.41. The van der Waals surface area contributed by atoms with Gasteiger partial charge in [0.15, 0.2) is 0 Å². The molecule has 1 nitrogen and oxygen atoms in total. The van der Waals surface area contributed by atoms with E-state index in [1.54, 1.807) is 0 Å². The van der Waals surface area contributed by atoms with Gasteiger partial charge in [0, 0.05) is 6.61 Å². The van der Waals surface area contributed by atoms with Crippen LogP contribution in [-0.2, 0) is 4.74 Å². The number of rotatable bonds is 0. The van der Waals surface area contributed by atoms with Crippen molar-refractivity contribution in [3.05, 3.63) is 0 Å². The summed E-state index contributed by atoms with van der Waals surface area (Å²) < 4.78 is 5.40. The zero-order valence-electron chi connectivity index (χ0n) is 6.61. The lowest BCUT2D eigenvalue weighted by Gasteiger charge is -2.33. The highest BCUT2D eigenvalue weighted by Crippen LogP contribution is 2.29. The lowest BCUT2D eigenvalue weighted by molar-refractivity contribution is -0.0187. The molecule has 0 aromatic carbocycles. The van der Waals surface area contributed by atoms with Crippen LogP contribution in [0.4, 0.5) is 0 Å². The summed E-state index contributed by atoms with van der Waals surface area (Å²) in [5.41, 5.74) is 0.428. The molecule has 0 N–H and O–H groups in total. The van der Waals surface area contributed by atoms with Gasteiger partial charge in [0.05, 0.1) is 6.61 Å². The summed E-state index contributed by atoms with van der Waals surface area (Å²) in [4.78, 5) is 0. The maximum atomic E-state index is 5.40. The zero-order chi connectivity index (χ0) is 6.91. The topological polar surface area (TPSA) is 9.23 Å². The second-order valence-electron chi connectivity index (χ2n) is 3.99. The van der Waals surface area contributed by atoms with Gasteiger partial charge in [-0.05, 0) is 17.8 Å². The van der Waals surface area contributed by atoms with Crippen LogP contribution in [0.5, 0.6) is 0 Å². The maximum absolute atomic E-state index is 5.40. The van der Waals surface area contributed by atoms with E-state index in [1.165, 1.54) is 6.42 Å². The van der Waals surface area contributed by atoms with Gasteiger partial charge >= 0.3 is 0 Å². The van der Waals surface area contributed by atoms with E-state index in [-0.39, 0.29) is 0 Å². The Hall–Kier alpha value is -0.0400. The van der Waals surface area contributed by atoms with Crippen LogP contribution in [-0.4, -0.2) is 13.2 Å². The monoisotopic (exact) mass is 128 g/mol. The van der Waals surface area contributed by atoms with Crippen molar-refractivity contribution in [2.75, 3.05) is 13.2 Å². The molecule has 1 aliphatic rings. The summed E-state index contributed by atoms with van der Waals surface area (Å²) in [6.45, 7) is 8.69. The lowest BCUT2D eigenvalue weighted by atomic mass is 9.83. The van der Waals surface area contributed by atoms with Crippen LogP contribution in [0.15, 0.2) is 0 Å². The Bertz CT molecular complexity index is 96.7. The normalized spacial score (nSPS) is 34.3. The van der Waals surface area contributed by atoms with Crippen molar-refractivity contribution in [1.29, 1.82) is 0 Å². The first-order valence-electron chi connectivity index (χ1n) is 3.68. The molecule has 1 fully saturated rings. The number of hydrogen-bond acceptors (Lipinski definition) is 1. The van der Waals surface area contributed by atoms with Crippen LogP contribution in [0.1, 0.15) is 27.2 Å². The predicted octanol–water partition coefficient (Wildman–Crippen LogP) is 2.07. The van der Waals surface area contributed by atoms with E-state index in [0.717, 1.165) is 19.1 Å². The average Bonchev–Trinajstić information content (AvgIpc) is 1.60. The molecule has 0 bridgehead atoms. The molecule has 0 radical (unpaired) electrons. The van der Waals surface area contributed by atoms with Crippen LogP contribution in [0, 0.1) is 11.3 Å². The summed E-state index contributed by atoms with van der Waals surface area (Å²) in [5.74, 6) is 0.758. The van der Waals surface area contributed by atoms with Crippen molar-refractivity contribution in [3.63, 3.8) is 0 Å². The van der Waals surface area contributed by atoms with E-state index in [2.05, 4.69) is 20.8 Å². The second-order valence-corrected chi connectivity index (χ2v) is 3.99. The molecule has 1 rings (SSSR count). The van der Waals surface area contributed by atoms with Crippen molar-refractivity contribution in [1.82, 2.24) is 0 Å². The second kappa shape index (κ2) is 2.30. The molecule has 0 spiro atoms. The van der Waals surface area contributed by atoms with Crippen molar-refractivity contribution >= 4 is 0 Å². The third-order valence-electron chi connectivity index (χ3n) is 1.80. The van der Waals surface area contributed by atoms with Gasteiger partial charge in [0.2, 0.25) is 0 Å². The minimum Gasteiger partial charge on any atom is -0.381 e. The van der Waals surface area contributed by atoms with E-state index >= 15 is 0 Å². The van der Waals surface area contributed by atoms with Gasteiger partial charge in [-0.25, -0.2) is 0 Å². The molecule has 0 aromatic rings. The molecule has 0 saturated carbocycles. The fourth-order valence-corrected chi connectivity index (χ4v) is 1.60. The molecule has 1 atom stereocenters. The van der Waals surface area contributed by atoms with E-state index in [1.807, 2.05) is 0 Å². The SMILES string of the molecule is C[C@@H]1COCC(C)(C)C1. The summed E-state index contributed by atoms with van der Waals surface area (Å²) >= 11 is 0. The number of ether oxygens (including phenoxy) is 1. The first-order chi connectivity index (χ1) is 4.10. The summed E-state index contributed by atoms with van der Waals surface area (Å²) in [6, 6.07) is 0. The van der Waals surface area contributed by atoms with Gasteiger partial charge in [0.1, 0.15) is 0 Å². The summed E-state index contributed by atoms with van der Waals surface area (Å²) in [6.07, 6.45) is 1.31. The van der Waals surface area contributed by atoms with Crippen LogP contribution in [0.25, 0.3) is 0 Å². The molecule has 1 saturated heterocycles. The summed E-state index contributed by atoms with van der Waals surface area (Å²) in [7, 11) is 0. The zero-order valence-corrected chi connectivity index (χ0v) is 6.61. The highest BCUT2D eigenvalue weighted by atomic mass is 16.5. The van der Waals surface area contributed by atoms with Gasteiger partial charge in [0.25, 0.3) is 0 Å². The van der Waals surface area contributed by atoms with E-state index in [0.29, 0.717) is 5.41 Å². The minimum absolute atomic E-state index is 0.428. The van der Waals surface area contributed by atoms with E-state index in [9.17, 15) is 0 Å². The molecule has 1 aliphatic heterocycles. The Morgan fingerprint density at radius 2 is 2.11 bits per heavy atom. The van der Waals surface area contributed by atoms with Gasteiger partial charge in [-0.2, -0.15) is 0 Å². The lowest BCUT2D eigenvalue weighted by Crippen LogP contribution is -2.30. The third kappa shape index (κ3) is 1.98. The smallest absolute Gasteiger partial charge is 0.0517 e. The summed E-state index contributed by atoms with van der Waals surface area (Å²) in [5, 5.41) is 0. The minimum atomic E-state index is 0.428. The number of hydrogen-bond donors (Lipinski definition) is 0. The Morgan fingerprint density at radius 1 is 1.44 bits per heavy atom. The van der Waals surface area contributed by atoms with Crippen molar-refractivity contribution in [2.24, 2.45) is 11.3 Å². The Kier molecular flexibility index (Phi) is 1.80. The molecule has 0 aromatic heterocycles. The molecular formula is C8H16O. The van der Waals surface area contributed by atoms with Crippen LogP contribution >= 0.6 is 0 Å². The fourth-order valence-electron chi connectivity index (χ4n) is 1.60. The highest BCUT2D eigenvalue weighted by molar-refractivity contribution is 4.74. The van der Waals surface area contributed by atoms with Gasteiger partial charge < -0.3 is 4.74 Å². The molecule has 0 amide bonds. The van der Waals surface area contributed by atoms with Gasteiger partial charge in [-0.3, -0.25) is 0 Å². The average molecular weight is 128 g/mol. The van der Waals surface area contributed by atoms with Crippen molar-refractivity contribution < 1.29 is 4.74 Å². The first kappa shape index (κ1) is 7.07. The van der Waals surface area contributed by atoms with E-state index in [4.69, 9.17) is 4.74 Å². The maximum Gasteiger partial charge on any atom is 0.0517 e. The van der Waals surface area contributed by atoms with Crippen LogP contribution in [0.3, 0.4) is 0 Å². The largest absolute Gasteiger partial charge is 0.381 e. The van der Waals surface area contributed by atoms with Crippen LogP contribution < -0.4 is 0 Å².